The number of nitrogens with zero attached hydrogens (tertiary/aromatic N) is 2. The smallest absolute Gasteiger partial charge is 0.410 e. The van der Waals surface area contributed by atoms with E-state index in [-0.39, 0.29) is 42.5 Å². The van der Waals surface area contributed by atoms with Gasteiger partial charge < -0.3 is 29.6 Å². The molecule has 2 saturated heterocycles. The van der Waals surface area contributed by atoms with Gasteiger partial charge in [0.2, 0.25) is 5.91 Å². The number of aromatic amines is 1. The molecule has 1 aromatic heterocycles. The number of likely N-dealkylation sites (tertiary alicyclic amines) is 2. The summed E-state index contributed by atoms with van der Waals surface area (Å²) in [5.74, 6) is -0.150. The van der Waals surface area contributed by atoms with E-state index in [1.54, 1.807) is 0 Å². The molecule has 4 atom stereocenters. The molecule has 3 heterocycles. The molecule has 2 aromatic carbocycles. The summed E-state index contributed by atoms with van der Waals surface area (Å²) in [6.45, 7) is 6.62. The first-order valence-electron chi connectivity index (χ1n) is 16.0. The highest BCUT2D eigenvalue weighted by Gasteiger charge is 2.54. The fourth-order valence-corrected chi connectivity index (χ4v) is 7.49. The standard InChI is InChI=1S/C35H44N4O5/c1-35(2,3)44-33(41)37-30(24-14-8-5-9-15-24)32(40)38-19-18-29-31(38)27(26-20-36-28-17-11-10-16-25(26)28)21-39(29)34(42)43-22-23-12-6-4-7-13-23/h4,6-7,10-13,16-17,20,24,27,29-31,36H,5,8-9,14-15,18-19,21-22H2,1-3H3,(H,37,41)/t27-,29-,30+,31-/m1/s1. The number of alkyl carbamates (subject to hydrolysis) is 1. The van der Waals surface area contributed by atoms with E-state index >= 15 is 0 Å². The van der Waals surface area contributed by atoms with Gasteiger partial charge in [0.15, 0.2) is 0 Å². The van der Waals surface area contributed by atoms with E-state index in [0.29, 0.717) is 19.5 Å². The molecule has 0 unspecified atom stereocenters. The molecule has 2 aliphatic heterocycles. The summed E-state index contributed by atoms with van der Waals surface area (Å²) >= 11 is 0. The Labute approximate surface area is 259 Å². The van der Waals surface area contributed by atoms with Crippen molar-refractivity contribution in [3.8, 4) is 0 Å². The van der Waals surface area contributed by atoms with Crippen LogP contribution in [0.15, 0.2) is 60.8 Å². The molecule has 9 heteroatoms. The number of amides is 3. The topological polar surface area (TPSA) is 104 Å². The maximum absolute atomic E-state index is 14.6. The number of hydrogen-bond donors (Lipinski definition) is 2. The van der Waals surface area contributed by atoms with Crippen molar-refractivity contribution in [3.63, 3.8) is 0 Å². The third kappa shape index (κ3) is 6.28. The lowest BCUT2D eigenvalue weighted by atomic mass is 9.83. The van der Waals surface area contributed by atoms with Gasteiger partial charge in [0.05, 0.1) is 12.1 Å². The first-order valence-corrected chi connectivity index (χ1v) is 16.0. The maximum Gasteiger partial charge on any atom is 0.410 e. The largest absolute Gasteiger partial charge is 0.445 e. The lowest BCUT2D eigenvalue weighted by Gasteiger charge is -2.36. The molecule has 3 aliphatic rings. The van der Waals surface area contributed by atoms with Crippen LogP contribution in [0.5, 0.6) is 0 Å². The second-order valence-corrected chi connectivity index (χ2v) is 13.5. The normalized spacial score (nSPS) is 22.9. The van der Waals surface area contributed by atoms with Crippen LogP contribution in [0.3, 0.4) is 0 Å². The number of fused-ring (bicyclic) bond motifs is 2. The summed E-state index contributed by atoms with van der Waals surface area (Å²) < 4.78 is 11.4. The molecule has 0 radical (unpaired) electrons. The summed E-state index contributed by atoms with van der Waals surface area (Å²) in [5, 5.41) is 4.08. The van der Waals surface area contributed by atoms with Gasteiger partial charge in [-0.05, 0) is 63.1 Å². The van der Waals surface area contributed by atoms with Crippen LogP contribution in [-0.2, 0) is 20.9 Å². The van der Waals surface area contributed by atoms with Crippen molar-refractivity contribution in [2.24, 2.45) is 5.92 Å². The zero-order chi connectivity index (χ0) is 30.8. The van der Waals surface area contributed by atoms with Crippen molar-refractivity contribution in [1.82, 2.24) is 20.1 Å². The lowest BCUT2D eigenvalue weighted by Crippen LogP contribution is -2.55. The molecule has 6 rings (SSSR count). The van der Waals surface area contributed by atoms with Crippen LogP contribution < -0.4 is 5.32 Å². The number of hydrogen-bond acceptors (Lipinski definition) is 5. The number of aromatic nitrogens is 1. The number of para-hydroxylation sites is 1. The van der Waals surface area contributed by atoms with Crippen molar-refractivity contribution in [2.45, 2.75) is 95.5 Å². The van der Waals surface area contributed by atoms with Gasteiger partial charge in [-0.3, -0.25) is 4.79 Å². The molecule has 0 bridgehead atoms. The molecular formula is C35H44N4O5. The quantitative estimate of drug-likeness (QED) is 0.343. The molecule has 3 aromatic rings. The van der Waals surface area contributed by atoms with E-state index in [1.165, 1.54) is 0 Å². The summed E-state index contributed by atoms with van der Waals surface area (Å²) in [6, 6.07) is 16.7. The van der Waals surface area contributed by atoms with Gasteiger partial charge in [-0.2, -0.15) is 0 Å². The minimum absolute atomic E-state index is 0.0442. The highest BCUT2D eigenvalue weighted by molar-refractivity contribution is 5.88. The van der Waals surface area contributed by atoms with Gasteiger partial charge in [0, 0.05) is 36.1 Å². The Balaban J connectivity index is 1.29. The SMILES string of the molecule is CC(C)(C)OC(=O)N[C@H](C(=O)N1CC[C@@H]2[C@H]1[C@@H](c1c[nH]c3ccccc13)CN2C(=O)OCc1ccccc1)C1CCCCC1. The second kappa shape index (κ2) is 12.5. The van der Waals surface area contributed by atoms with Crippen molar-refractivity contribution in [2.75, 3.05) is 13.1 Å². The van der Waals surface area contributed by atoms with Gasteiger partial charge in [-0.15, -0.1) is 0 Å². The van der Waals surface area contributed by atoms with Crippen molar-refractivity contribution < 1.29 is 23.9 Å². The number of carbonyl (C=O) groups is 3. The van der Waals surface area contributed by atoms with Gasteiger partial charge in [0.25, 0.3) is 0 Å². The maximum atomic E-state index is 14.6. The molecular weight excluding hydrogens is 556 g/mol. The molecule has 2 N–H and O–H groups in total. The zero-order valence-corrected chi connectivity index (χ0v) is 26.0. The fraction of sp³-hybridized carbons (Fsp3) is 0.514. The molecule has 9 nitrogen and oxygen atoms in total. The Morgan fingerprint density at radius 3 is 2.43 bits per heavy atom. The predicted molar refractivity (Wildman–Crippen MR) is 168 cm³/mol. The van der Waals surface area contributed by atoms with E-state index in [4.69, 9.17) is 9.47 Å². The molecule has 0 spiro atoms. The van der Waals surface area contributed by atoms with Crippen molar-refractivity contribution in [1.29, 1.82) is 0 Å². The molecule has 1 aliphatic carbocycles. The van der Waals surface area contributed by atoms with E-state index < -0.39 is 17.7 Å². The third-order valence-corrected chi connectivity index (χ3v) is 9.43. The molecule has 234 valence electrons. The highest BCUT2D eigenvalue weighted by atomic mass is 16.6. The number of benzene rings is 2. The average molecular weight is 601 g/mol. The Bertz CT molecular complexity index is 1480. The van der Waals surface area contributed by atoms with Crippen LogP contribution in [0.25, 0.3) is 10.9 Å². The summed E-state index contributed by atoms with van der Waals surface area (Å²) in [6.07, 6.45) is 6.73. The highest BCUT2D eigenvalue weighted by Crippen LogP contribution is 2.44. The second-order valence-electron chi connectivity index (χ2n) is 13.5. The number of ether oxygens (including phenoxy) is 2. The Hall–Kier alpha value is -4.01. The summed E-state index contributed by atoms with van der Waals surface area (Å²) in [4.78, 5) is 48.3. The average Bonchev–Trinajstić information content (AvgIpc) is 3.73. The van der Waals surface area contributed by atoms with Crippen molar-refractivity contribution >= 4 is 29.0 Å². The molecule has 3 amide bonds. The van der Waals surface area contributed by atoms with Crippen LogP contribution in [0.4, 0.5) is 9.59 Å². The monoisotopic (exact) mass is 600 g/mol. The van der Waals surface area contributed by atoms with Crippen LogP contribution in [-0.4, -0.2) is 69.7 Å². The number of carbonyl (C=O) groups excluding carboxylic acids is 3. The minimum atomic E-state index is -0.674. The fourth-order valence-electron chi connectivity index (χ4n) is 7.49. The van der Waals surface area contributed by atoms with Crippen LogP contribution >= 0.6 is 0 Å². The Morgan fingerprint density at radius 1 is 0.955 bits per heavy atom. The van der Waals surface area contributed by atoms with E-state index in [0.717, 1.165) is 54.1 Å². The van der Waals surface area contributed by atoms with Crippen molar-refractivity contribution in [3.05, 3.63) is 71.9 Å². The first-order chi connectivity index (χ1) is 21.2. The van der Waals surface area contributed by atoms with Gasteiger partial charge in [0.1, 0.15) is 18.2 Å². The predicted octanol–water partition coefficient (Wildman–Crippen LogP) is 6.35. The molecule has 44 heavy (non-hydrogen) atoms. The lowest BCUT2D eigenvalue weighted by molar-refractivity contribution is -0.136. The van der Waals surface area contributed by atoms with Crippen LogP contribution in [0.1, 0.15) is 76.3 Å². The number of H-pyrrole nitrogens is 1. The number of nitrogens with one attached hydrogen (secondary N) is 2. The molecule has 1 saturated carbocycles. The minimum Gasteiger partial charge on any atom is -0.445 e. The van der Waals surface area contributed by atoms with Gasteiger partial charge >= 0.3 is 12.2 Å². The first kappa shape index (κ1) is 30.0. The summed E-state index contributed by atoms with van der Waals surface area (Å²) in [5.41, 5.74) is 2.36. The van der Waals surface area contributed by atoms with Gasteiger partial charge in [-0.1, -0.05) is 67.8 Å². The summed E-state index contributed by atoms with van der Waals surface area (Å²) in [7, 11) is 0. The molecule has 3 fully saturated rings. The van der Waals surface area contributed by atoms with Crippen LogP contribution in [0, 0.1) is 5.92 Å². The van der Waals surface area contributed by atoms with E-state index in [9.17, 15) is 14.4 Å². The van der Waals surface area contributed by atoms with E-state index in [2.05, 4.69) is 16.4 Å². The zero-order valence-electron chi connectivity index (χ0n) is 26.0. The van der Waals surface area contributed by atoms with E-state index in [1.807, 2.05) is 85.3 Å². The third-order valence-electron chi connectivity index (χ3n) is 9.43. The Kier molecular flexibility index (Phi) is 8.56. The Morgan fingerprint density at radius 2 is 1.68 bits per heavy atom. The van der Waals surface area contributed by atoms with Crippen LogP contribution in [0.2, 0.25) is 0 Å². The van der Waals surface area contributed by atoms with Gasteiger partial charge in [-0.25, -0.2) is 9.59 Å². The number of rotatable bonds is 6.